The van der Waals surface area contributed by atoms with Gasteiger partial charge >= 0.3 is 16.5 Å². The molecule has 0 aliphatic carbocycles. The van der Waals surface area contributed by atoms with E-state index in [4.69, 9.17) is 9.98 Å². The summed E-state index contributed by atoms with van der Waals surface area (Å²) >= 11 is 0. The standard InChI is InChI=1S/C28H40N2.2C12H16O4.Ni/c1-7-12-13-14-28(30-27-18-16-23(9-3)25(11-5)20-27)21(6)29-26-17-15-22(8-2)24(10-4)19-26;2*1-2-3-4-5-8-6-7-9(13)11(14)10(8)12(15)16;/h15-20H,7-14H2,1-6H3;2*6-7,13-14H,2-5H2,1H3,(H,15,16);/q;;;+2/p-2. The van der Waals surface area contributed by atoms with Gasteiger partial charge in [-0.3, -0.25) is 9.98 Å². The third-order valence-corrected chi connectivity index (χ3v) is 10.9. The zero-order valence-corrected chi connectivity index (χ0v) is 39.7. The summed E-state index contributed by atoms with van der Waals surface area (Å²) < 4.78 is 0. The van der Waals surface area contributed by atoms with Crippen molar-refractivity contribution in [3.05, 3.63) is 105 Å². The fourth-order valence-corrected chi connectivity index (χ4v) is 7.23. The van der Waals surface area contributed by atoms with Crippen molar-refractivity contribution >= 4 is 34.7 Å². The molecule has 0 spiro atoms. The van der Waals surface area contributed by atoms with Gasteiger partial charge in [-0.1, -0.05) is 111 Å². The zero-order chi connectivity index (χ0) is 46.2. The van der Waals surface area contributed by atoms with Crippen molar-refractivity contribution in [1.29, 1.82) is 0 Å². The molecule has 4 rings (SSSR count). The number of phenols is 4. The largest absolute Gasteiger partial charge is 2.00 e. The molecule has 4 aromatic carbocycles. The Bertz CT molecular complexity index is 2030. The first-order valence-electron chi connectivity index (χ1n) is 22.6. The van der Waals surface area contributed by atoms with Crippen molar-refractivity contribution in [1.82, 2.24) is 0 Å². The van der Waals surface area contributed by atoms with E-state index in [1.807, 2.05) is 13.8 Å². The molecule has 0 aliphatic heterocycles. The zero-order valence-electron chi connectivity index (χ0n) is 38.7. The fraction of sp³-hybridized carbons (Fsp3) is 0.462. The molecule has 10 nitrogen and oxygen atoms in total. The number of aliphatic imine (C=N–C) groups is 2. The van der Waals surface area contributed by atoms with Crippen molar-refractivity contribution in [2.24, 2.45) is 9.98 Å². The minimum absolute atomic E-state index is 0. The van der Waals surface area contributed by atoms with Crippen LogP contribution in [0.3, 0.4) is 0 Å². The van der Waals surface area contributed by atoms with Gasteiger partial charge in [-0.2, -0.15) is 0 Å². The molecule has 0 radical (unpaired) electrons. The van der Waals surface area contributed by atoms with Crippen LogP contribution in [0.5, 0.6) is 23.0 Å². The summed E-state index contributed by atoms with van der Waals surface area (Å²) in [5, 5.41) is 59.0. The predicted molar refractivity (Wildman–Crippen MR) is 249 cm³/mol. The molecule has 0 amide bonds. The average molecular weight is 910 g/mol. The Hall–Kier alpha value is -5.15. The molecule has 0 unspecified atom stereocenters. The molecule has 4 N–H and O–H groups in total. The number of carboxylic acid groups (broad SMARTS) is 2. The molecule has 0 aliphatic rings. The van der Waals surface area contributed by atoms with Gasteiger partial charge in [-0.25, -0.2) is 0 Å². The number of aryl methyl sites for hydroxylation is 6. The van der Waals surface area contributed by atoms with Crippen LogP contribution in [0, 0.1) is 0 Å². The van der Waals surface area contributed by atoms with E-state index in [0.29, 0.717) is 24.0 Å². The van der Waals surface area contributed by atoms with Gasteiger partial charge in [-0.15, -0.1) is 0 Å². The number of rotatable bonds is 21. The Labute approximate surface area is 386 Å². The average Bonchev–Trinajstić information content (AvgIpc) is 3.26. The summed E-state index contributed by atoms with van der Waals surface area (Å²) in [6.07, 6.45) is 15.7. The van der Waals surface area contributed by atoms with Gasteiger partial charge in [0.05, 0.1) is 34.7 Å². The fourth-order valence-electron chi connectivity index (χ4n) is 7.23. The molecular weight excluding hydrogens is 839 g/mol. The van der Waals surface area contributed by atoms with Crippen molar-refractivity contribution in [3.63, 3.8) is 0 Å². The molecule has 0 fully saturated rings. The SMILES string of the molecule is CCCCCC(=Nc1ccc(CC)c(CC)c1)C(C)=Nc1ccc(CC)c(CC)c1.CCCCCc1ccc(O)c(O)c1C(=O)[O-].CCCCCc1ccc(O)c(O)c1C(=O)[O-].[Ni+2]. The van der Waals surface area contributed by atoms with Gasteiger partial charge in [0.25, 0.3) is 0 Å². The van der Waals surface area contributed by atoms with E-state index in [2.05, 4.69) is 77.9 Å². The Morgan fingerprint density at radius 2 is 0.857 bits per heavy atom. The second-order valence-corrected chi connectivity index (χ2v) is 15.5. The number of aromatic carboxylic acids is 2. The predicted octanol–water partition coefficient (Wildman–Crippen LogP) is 10.8. The molecule has 346 valence electrons. The molecular formula is C52H70N2NiO8. The van der Waals surface area contributed by atoms with Crippen LogP contribution in [-0.4, -0.2) is 43.8 Å². The quantitative estimate of drug-likeness (QED) is 0.0275. The molecule has 0 saturated heterocycles. The van der Waals surface area contributed by atoms with Gasteiger partial charge in [0.15, 0.2) is 23.0 Å². The van der Waals surface area contributed by atoms with Crippen LogP contribution in [-0.2, 0) is 55.0 Å². The van der Waals surface area contributed by atoms with Gasteiger partial charge in [0, 0.05) is 11.1 Å². The number of nitrogens with zero attached hydrogens (tertiary/aromatic N) is 2. The summed E-state index contributed by atoms with van der Waals surface area (Å²) in [6, 6.07) is 18.9. The number of aromatic hydroxyl groups is 4. The van der Waals surface area contributed by atoms with E-state index < -0.39 is 34.9 Å². The third-order valence-electron chi connectivity index (χ3n) is 10.9. The number of benzene rings is 4. The maximum absolute atomic E-state index is 10.8. The number of carbonyl (C=O) groups excluding carboxylic acids is 2. The minimum Gasteiger partial charge on any atom is -0.545 e. The smallest absolute Gasteiger partial charge is 0.545 e. The first-order valence-corrected chi connectivity index (χ1v) is 22.6. The monoisotopic (exact) mass is 908 g/mol. The summed E-state index contributed by atoms with van der Waals surface area (Å²) in [6.45, 7) is 17.3. The number of carboxylic acids is 2. The van der Waals surface area contributed by atoms with Crippen molar-refractivity contribution in [2.75, 3.05) is 0 Å². The van der Waals surface area contributed by atoms with Crippen LogP contribution in [0.4, 0.5) is 11.4 Å². The van der Waals surface area contributed by atoms with Crippen LogP contribution >= 0.6 is 0 Å². The van der Waals surface area contributed by atoms with Gasteiger partial charge < -0.3 is 40.2 Å². The number of phenolic OH excluding ortho intramolecular Hbond substituents is 2. The minimum atomic E-state index is -1.46. The molecule has 4 aromatic rings. The second kappa shape index (κ2) is 30.0. The summed E-state index contributed by atoms with van der Waals surface area (Å²) in [7, 11) is 0. The van der Waals surface area contributed by atoms with Gasteiger partial charge in [-0.05, 0) is 141 Å². The summed E-state index contributed by atoms with van der Waals surface area (Å²) in [4.78, 5) is 31.7. The Morgan fingerprint density at radius 1 is 0.492 bits per heavy atom. The van der Waals surface area contributed by atoms with Crippen LogP contribution in [0.25, 0.3) is 0 Å². The molecule has 0 aromatic heterocycles. The van der Waals surface area contributed by atoms with Crippen molar-refractivity contribution in [2.45, 2.75) is 158 Å². The van der Waals surface area contributed by atoms with Crippen molar-refractivity contribution in [3.8, 4) is 23.0 Å². The molecule has 11 heteroatoms. The Kier molecular flexibility index (Phi) is 26.6. The number of unbranched alkanes of at least 4 members (excludes halogenated alkanes) is 6. The number of hydrogen-bond donors (Lipinski definition) is 4. The van der Waals surface area contributed by atoms with E-state index in [1.165, 1.54) is 59.4 Å². The number of carbonyl (C=O) groups is 2. The Balaban J connectivity index is 0.000000510. The van der Waals surface area contributed by atoms with Crippen LogP contribution in [0.2, 0.25) is 0 Å². The van der Waals surface area contributed by atoms with Crippen LogP contribution < -0.4 is 10.2 Å². The van der Waals surface area contributed by atoms with Gasteiger partial charge in [0.2, 0.25) is 0 Å². The molecule has 0 saturated carbocycles. The summed E-state index contributed by atoms with van der Waals surface area (Å²) in [5.74, 6) is -4.99. The summed E-state index contributed by atoms with van der Waals surface area (Å²) in [5.41, 5.74) is 10.3. The first-order chi connectivity index (χ1) is 29.7. The van der Waals surface area contributed by atoms with Crippen molar-refractivity contribution < 1.29 is 56.7 Å². The third kappa shape index (κ3) is 17.9. The first kappa shape index (κ1) is 55.9. The maximum Gasteiger partial charge on any atom is 2.00 e. The molecule has 63 heavy (non-hydrogen) atoms. The van der Waals surface area contributed by atoms with E-state index in [-0.39, 0.29) is 27.6 Å². The second-order valence-electron chi connectivity index (χ2n) is 15.5. The topological polar surface area (TPSA) is 186 Å². The van der Waals surface area contributed by atoms with Crippen LogP contribution in [0.1, 0.15) is 174 Å². The molecule has 0 bridgehead atoms. The van der Waals surface area contributed by atoms with Crippen LogP contribution in [0.15, 0.2) is 70.6 Å². The van der Waals surface area contributed by atoms with E-state index in [9.17, 15) is 40.2 Å². The van der Waals surface area contributed by atoms with E-state index in [0.717, 1.165) is 99.8 Å². The molecule has 0 atom stereocenters. The Morgan fingerprint density at radius 3 is 1.22 bits per heavy atom. The maximum atomic E-state index is 10.8. The van der Waals surface area contributed by atoms with E-state index >= 15 is 0 Å². The molecule has 0 heterocycles. The van der Waals surface area contributed by atoms with Gasteiger partial charge in [0.1, 0.15) is 0 Å². The van der Waals surface area contributed by atoms with E-state index in [1.54, 1.807) is 0 Å². The number of hydrogen-bond acceptors (Lipinski definition) is 10. The normalized spacial score (nSPS) is 11.2.